The lowest BCUT2D eigenvalue weighted by Crippen LogP contribution is -2.15. The van der Waals surface area contributed by atoms with Crippen molar-refractivity contribution in [2.45, 2.75) is 6.42 Å². The standard InChI is InChI=1S/C13H10F2N2/c14-10-5-4-9-6-7-17(11(9)8-10)13-3-1-2-12(15)16-13/h1-5,8H,6-7H2. The lowest BCUT2D eigenvalue weighted by Gasteiger charge is -2.18. The number of aromatic nitrogens is 1. The molecule has 0 spiro atoms. The largest absolute Gasteiger partial charge is 0.326 e. The number of fused-ring (bicyclic) bond motifs is 1. The molecule has 0 aliphatic carbocycles. The van der Waals surface area contributed by atoms with Gasteiger partial charge in [-0.3, -0.25) is 0 Å². The molecule has 0 saturated carbocycles. The summed E-state index contributed by atoms with van der Waals surface area (Å²) in [7, 11) is 0. The molecule has 0 amide bonds. The van der Waals surface area contributed by atoms with Gasteiger partial charge in [0.15, 0.2) is 0 Å². The van der Waals surface area contributed by atoms with Crippen LogP contribution in [0.15, 0.2) is 36.4 Å². The summed E-state index contributed by atoms with van der Waals surface area (Å²) in [6, 6.07) is 9.31. The fraction of sp³-hybridized carbons (Fsp3) is 0.154. The summed E-state index contributed by atoms with van der Waals surface area (Å²) in [6.45, 7) is 0.704. The molecule has 1 aromatic carbocycles. The average molecular weight is 232 g/mol. The molecule has 2 aromatic rings. The minimum Gasteiger partial charge on any atom is -0.326 e. The molecule has 2 heterocycles. The molecule has 3 rings (SSSR count). The predicted molar refractivity (Wildman–Crippen MR) is 61.3 cm³/mol. The SMILES string of the molecule is Fc1ccc2c(c1)N(c1cccc(F)n1)CC2. The maximum Gasteiger partial charge on any atom is 0.214 e. The maximum atomic E-state index is 13.2. The van der Waals surface area contributed by atoms with Crippen molar-refractivity contribution in [2.24, 2.45) is 0 Å². The van der Waals surface area contributed by atoms with Crippen LogP contribution in [-0.4, -0.2) is 11.5 Å². The van der Waals surface area contributed by atoms with E-state index in [0.29, 0.717) is 12.4 Å². The number of pyridine rings is 1. The third kappa shape index (κ3) is 1.75. The Morgan fingerprint density at radius 2 is 2.00 bits per heavy atom. The van der Waals surface area contributed by atoms with Gasteiger partial charge in [-0.05, 0) is 36.2 Å². The summed E-state index contributed by atoms with van der Waals surface area (Å²) in [5.74, 6) is -0.284. The van der Waals surface area contributed by atoms with Crippen LogP contribution in [-0.2, 0) is 6.42 Å². The molecule has 0 bridgehead atoms. The first kappa shape index (κ1) is 10.2. The smallest absolute Gasteiger partial charge is 0.214 e. The lowest BCUT2D eigenvalue weighted by atomic mass is 10.2. The van der Waals surface area contributed by atoms with Crippen LogP contribution in [0.3, 0.4) is 0 Å². The second-order valence-electron chi connectivity index (χ2n) is 3.99. The van der Waals surface area contributed by atoms with E-state index < -0.39 is 5.95 Å². The average Bonchev–Trinajstić information content (AvgIpc) is 2.71. The van der Waals surface area contributed by atoms with E-state index in [1.807, 2.05) is 4.90 Å². The van der Waals surface area contributed by atoms with Crippen molar-refractivity contribution < 1.29 is 8.78 Å². The molecule has 1 aromatic heterocycles. The van der Waals surface area contributed by atoms with Gasteiger partial charge in [-0.2, -0.15) is 4.39 Å². The van der Waals surface area contributed by atoms with E-state index in [-0.39, 0.29) is 5.82 Å². The minimum absolute atomic E-state index is 0.285. The molecule has 1 aliphatic rings. The molecular weight excluding hydrogens is 222 g/mol. The Hall–Kier alpha value is -1.97. The summed E-state index contributed by atoms with van der Waals surface area (Å²) in [5, 5.41) is 0. The van der Waals surface area contributed by atoms with Crippen LogP contribution in [0.5, 0.6) is 0 Å². The maximum absolute atomic E-state index is 13.2. The Morgan fingerprint density at radius 1 is 1.12 bits per heavy atom. The van der Waals surface area contributed by atoms with Crippen LogP contribution in [0.1, 0.15) is 5.56 Å². The second-order valence-corrected chi connectivity index (χ2v) is 3.99. The molecule has 0 fully saturated rings. The number of rotatable bonds is 1. The van der Waals surface area contributed by atoms with E-state index in [9.17, 15) is 8.78 Å². The normalized spacial score (nSPS) is 13.9. The van der Waals surface area contributed by atoms with E-state index in [0.717, 1.165) is 17.7 Å². The highest BCUT2D eigenvalue weighted by atomic mass is 19.1. The number of hydrogen-bond donors (Lipinski definition) is 0. The summed E-state index contributed by atoms with van der Waals surface area (Å²) in [6.07, 6.45) is 0.827. The van der Waals surface area contributed by atoms with Gasteiger partial charge in [0.1, 0.15) is 11.6 Å². The highest BCUT2D eigenvalue weighted by molar-refractivity contribution is 5.67. The number of benzene rings is 1. The van der Waals surface area contributed by atoms with E-state index in [1.54, 1.807) is 18.2 Å². The van der Waals surface area contributed by atoms with Crippen molar-refractivity contribution in [3.63, 3.8) is 0 Å². The fourth-order valence-corrected chi connectivity index (χ4v) is 2.14. The third-order valence-corrected chi connectivity index (χ3v) is 2.92. The number of halogens is 2. The van der Waals surface area contributed by atoms with Gasteiger partial charge in [-0.1, -0.05) is 12.1 Å². The van der Waals surface area contributed by atoms with Crippen molar-refractivity contribution in [3.05, 3.63) is 53.7 Å². The van der Waals surface area contributed by atoms with E-state index in [1.165, 1.54) is 18.2 Å². The van der Waals surface area contributed by atoms with Gasteiger partial charge in [0.05, 0.1) is 0 Å². The van der Waals surface area contributed by atoms with Crippen LogP contribution in [0.4, 0.5) is 20.3 Å². The third-order valence-electron chi connectivity index (χ3n) is 2.92. The second kappa shape index (κ2) is 3.80. The zero-order chi connectivity index (χ0) is 11.8. The minimum atomic E-state index is -0.521. The zero-order valence-electron chi connectivity index (χ0n) is 9.03. The highest BCUT2D eigenvalue weighted by Crippen LogP contribution is 2.33. The van der Waals surface area contributed by atoms with Crippen molar-refractivity contribution in [3.8, 4) is 0 Å². The van der Waals surface area contributed by atoms with Gasteiger partial charge < -0.3 is 4.90 Å². The lowest BCUT2D eigenvalue weighted by molar-refractivity contribution is 0.583. The predicted octanol–water partition coefficient (Wildman–Crippen LogP) is 3.05. The molecule has 1 aliphatic heterocycles. The fourth-order valence-electron chi connectivity index (χ4n) is 2.14. The summed E-state index contributed by atoms with van der Waals surface area (Å²) in [5.41, 5.74) is 1.85. The highest BCUT2D eigenvalue weighted by Gasteiger charge is 2.21. The van der Waals surface area contributed by atoms with Gasteiger partial charge in [0, 0.05) is 12.2 Å². The van der Waals surface area contributed by atoms with E-state index >= 15 is 0 Å². The Bertz CT molecular complexity index is 569. The van der Waals surface area contributed by atoms with E-state index in [4.69, 9.17) is 0 Å². The van der Waals surface area contributed by atoms with Crippen molar-refractivity contribution in [1.82, 2.24) is 4.98 Å². The first-order valence-electron chi connectivity index (χ1n) is 5.42. The first-order chi connectivity index (χ1) is 8.24. The first-order valence-corrected chi connectivity index (χ1v) is 5.42. The van der Waals surface area contributed by atoms with Crippen LogP contribution in [0.2, 0.25) is 0 Å². The molecule has 4 heteroatoms. The van der Waals surface area contributed by atoms with E-state index in [2.05, 4.69) is 4.98 Å². The summed E-state index contributed by atoms with van der Waals surface area (Å²) in [4.78, 5) is 5.66. The molecule has 17 heavy (non-hydrogen) atoms. The number of anilines is 2. The van der Waals surface area contributed by atoms with Crippen molar-refractivity contribution >= 4 is 11.5 Å². The summed E-state index contributed by atoms with van der Waals surface area (Å²) >= 11 is 0. The van der Waals surface area contributed by atoms with Crippen LogP contribution >= 0.6 is 0 Å². The molecule has 86 valence electrons. The quantitative estimate of drug-likeness (QED) is 0.702. The Kier molecular flexibility index (Phi) is 2.28. The van der Waals surface area contributed by atoms with Gasteiger partial charge in [-0.25, -0.2) is 9.37 Å². The summed E-state index contributed by atoms with van der Waals surface area (Å²) < 4.78 is 26.3. The molecular formula is C13H10F2N2. The van der Waals surface area contributed by atoms with Crippen LogP contribution in [0, 0.1) is 11.8 Å². The van der Waals surface area contributed by atoms with Gasteiger partial charge in [0.25, 0.3) is 0 Å². The molecule has 0 atom stereocenters. The monoisotopic (exact) mass is 232 g/mol. The van der Waals surface area contributed by atoms with Crippen molar-refractivity contribution in [1.29, 1.82) is 0 Å². The van der Waals surface area contributed by atoms with Crippen LogP contribution < -0.4 is 4.90 Å². The zero-order valence-corrected chi connectivity index (χ0v) is 9.03. The van der Waals surface area contributed by atoms with Gasteiger partial charge in [0.2, 0.25) is 5.95 Å². The number of hydrogen-bond acceptors (Lipinski definition) is 2. The van der Waals surface area contributed by atoms with Crippen LogP contribution in [0.25, 0.3) is 0 Å². The van der Waals surface area contributed by atoms with Crippen molar-refractivity contribution in [2.75, 3.05) is 11.4 Å². The molecule has 2 nitrogen and oxygen atoms in total. The topological polar surface area (TPSA) is 16.1 Å². The molecule has 0 N–H and O–H groups in total. The molecule has 0 saturated heterocycles. The van der Waals surface area contributed by atoms with Gasteiger partial charge >= 0.3 is 0 Å². The Labute approximate surface area is 97.5 Å². The van der Waals surface area contributed by atoms with Gasteiger partial charge in [-0.15, -0.1) is 0 Å². The molecule has 0 radical (unpaired) electrons. The number of nitrogens with zero attached hydrogens (tertiary/aromatic N) is 2. The Balaban J connectivity index is 2.06. The Morgan fingerprint density at radius 3 is 2.82 bits per heavy atom. The molecule has 0 unspecified atom stereocenters.